The molecule has 3 nitrogen and oxygen atoms in total. The molecule has 0 aromatic heterocycles. The average Bonchev–Trinajstić information content (AvgIpc) is 2.22. The molecule has 0 radical (unpaired) electrons. The summed E-state index contributed by atoms with van der Waals surface area (Å²) in [5.41, 5.74) is -0.282. The highest BCUT2D eigenvalue weighted by atomic mass is 35.5. The zero-order valence-corrected chi connectivity index (χ0v) is 8.88. The van der Waals surface area contributed by atoms with Crippen LogP contribution in [0.25, 0.3) is 0 Å². The van der Waals surface area contributed by atoms with Crippen LogP contribution >= 0.6 is 11.6 Å². The number of rotatable bonds is 2. The van der Waals surface area contributed by atoms with Crippen LogP contribution in [0, 0.1) is 17.7 Å². The second kappa shape index (κ2) is 5.50. The van der Waals surface area contributed by atoms with E-state index < -0.39 is 11.8 Å². The molecule has 16 heavy (non-hydrogen) atoms. The van der Waals surface area contributed by atoms with Crippen molar-refractivity contribution in [1.82, 2.24) is 0 Å². The zero-order chi connectivity index (χ0) is 12.1. The zero-order valence-electron chi connectivity index (χ0n) is 8.13. The molecule has 1 aromatic carbocycles. The summed E-state index contributed by atoms with van der Waals surface area (Å²) in [7, 11) is 0. The fraction of sp³-hybridized carbons (Fsp3) is 0.182. The van der Waals surface area contributed by atoms with Gasteiger partial charge in [-0.15, -0.1) is 0 Å². The van der Waals surface area contributed by atoms with E-state index in [1.54, 1.807) is 0 Å². The highest BCUT2D eigenvalue weighted by molar-refractivity contribution is 6.33. The third kappa shape index (κ3) is 2.96. The van der Waals surface area contributed by atoms with Crippen LogP contribution in [0.2, 0.25) is 5.02 Å². The van der Waals surface area contributed by atoms with E-state index in [1.807, 2.05) is 0 Å². The third-order valence-corrected chi connectivity index (χ3v) is 2.06. The molecule has 0 amide bonds. The van der Waals surface area contributed by atoms with Gasteiger partial charge in [0.05, 0.1) is 22.8 Å². The molecule has 5 heteroatoms. The van der Waals surface area contributed by atoms with Crippen molar-refractivity contribution in [3.8, 4) is 11.8 Å². The third-order valence-electron chi connectivity index (χ3n) is 1.75. The van der Waals surface area contributed by atoms with Crippen molar-refractivity contribution in [2.45, 2.75) is 6.42 Å². The molecule has 0 unspecified atom stereocenters. The topological polar surface area (TPSA) is 57.5 Å². The van der Waals surface area contributed by atoms with Crippen LogP contribution in [0.3, 0.4) is 0 Å². The van der Waals surface area contributed by atoms with E-state index in [0.717, 1.165) is 12.1 Å². The molecule has 2 N–H and O–H groups in total. The summed E-state index contributed by atoms with van der Waals surface area (Å²) in [6, 6.07) is 1.98. The predicted octanol–water partition coefficient (Wildman–Crippen LogP) is 1.91. The summed E-state index contributed by atoms with van der Waals surface area (Å²) in [5.74, 6) is 2.94. The molecule has 84 valence electrons. The molecule has 0 spiro atoms. The number of carbonyl (C=O) groups is 1. The molecular weight excluding hydrogens is 235 g/mol. The predicted molar refractivity (Wildman–Crippen MR) is 57.0 cm³/mol. The van der Waals surface area contributed by atoms with Gasteiger partial charge in [-0.2, -0.15) is 0 Å². The van der Waals surface area contributed by atoms with Gasteiger partial charge in [-0.3, -0.25) is 0 Å². The summed E-state index contributed by atoms with van der Waals surface area (Å²) < 4.78 is 13.3. The minimum atomic E-state index is -1.29. The molecule has 0 saturated heterocycles. The van der Waals surface area contributed by atoms with E-state index in [4.69, 9.17) is 21.8 Å². The molecule has 0 saturated carbocycles. The lowest BCUT2D eigenvalue weighted by Crippen LogP contribution is -1.99. The van der Waals surface area contributed by atoms with Gasteiger partial charge < -0.3 is 10.2 Å². The van der Waals surface area contributed by atoms with E-state index in [0.29, 0.717) is 0 Å². The number of benzene rings is 1. The molecule has 0 aliphatic rings. The molecule has 1 aromatic rings. The minimum absolute atomic E-state index is 0.0171. The van der Waals surface area contributed by atoms with Crippen molar-refractivity contribution in [2.75, 3.05) is 6.61 Å². The van der Waals surface area contributed by atoms with Crippen molar-refractivity contribution in [2.24, 2.45) is 0 Å². The van der Waals surface area contributed by atoms with Crippen molar-refractivity contribution >= 4 is 17.6 Å². The first kappa shape index (κ1) is 12.5. The normalized spacial score (nSPS) is 9.44. The maximum Gasteiger partial charge on any atom is 0.337 e. The van der Waals surface area contributed by atoms with Gasteiger partial charge in [-0.1, -0.05) is 23.4 Å². The Hall–Kier alpha value is -1.57. The highest BCUT2D eigenvalue weighted by Gasteiger charge is 2.12. The molecule has 0 aliphatic carbocycles. The maximum atomic E-state index is 13.3. The lowest BCUT2D eigenvalue weighted by molar-refractivity contribution is 0.0696. The van der Waals surface area contributed by atoms with Crippen LogP contribution in [0.1, 0.15) is 22.3 Å². The van der Waals surface area contributed by atoms with Crippen molar-refractivity contribution in [1.29, 1.82) is 0 Å². The number of carboxylic acids is 1. The Morgan fingerprint density at radius 3 is 2.75 bits per heavy atom. The quantitative estimate of drug-likeness (QED) is 0.779. The molecule has 0 aliphatic heterocycles. The van der Waals surface area contributed by atoms with Crippen LogP contribution in [-0.2, 0) is 0 Å². The van der Waals surface area contributed by atoms with Gasteiger partial charge in [-0.25, -0.2) is 9.18 Å². The number of carboxylic acid groups (broad SMARTS) is 1. The number of aliphatic hydroxyl groups excluding tert-OH is 1. The summed E-state index contributed by atoms with van der Waals surface area (Å²) in [5, 5.41) is 17.1. The van der Waals surface area contributed by atoms with Gasteiger partial charge in [0.1, 0.15) is 5.82 Å². The molecule has 1 rings (SSSR count). The molecular formula is C11H8ClFO3. The van der Waals surface area contributed by atoms with Crippen LogP contribution in [-0.4, -0.2) is 22.8 Å². The largest absolute Gasteiger partial charge is 0.478 e. The van der Waals surface area contributed by atoms with Crippen molar-refractivity contribution in [3.63, 3.8) is 0 Å². The standard InChI is InChI=1S/C11H8ClFO3/c12-9-5-7(3-1-2-4-14)10(13)6-8(9)11(15)16/h5-6,14H,2,4H2,(H,15,16). The first-order chi connectivity index (χ1) is 7.56. The van der Waals surface area contributed by atoms with Gasteiger partial charge in [-0.05, 0) is 12.1 Å². The molecule has 0 atom stereocenters. The smallest absolute Gasteiger partial charge is 0.337 e. The van der Waals surface area contributed by atoms with Crippen LogP contribution in [0.5, 0.6) is 0 Å². The van der Waals surface area contributed by atoms with Crippen molar-refractivity contribution < 1.29 is 19.4 Å². The average molecular weight is 243 g/mol. The first-order valence-corrected chi connectivity index (χ1v) is 4.76. The monoisotopic (exact) mass is 242 g/mol. The van der Waals surface area contributed by atoms with Crippen molar-refractivity contribution in [3.05, 3.63) is 34.1 Å². The van der Waals surface area contributed by atoms with Gasteiger partial charge in [0, 0.05) is 6.42 Å². The fourth-order valence-corrected chi connectivity index (χ4v) is 1.26. The first-order valence-electron chi connectivity index (χ1n) is 4.38. The van der Waals surface area contributed by atoms with E-state index in [-0.39, 0.29) is 29.2 Å². The molecule has 0 fully saturated rings. The van der Waals surface area contributed by atoms with E-state index in [1.165, 1.54) is 0 Å². The number of hydrogen-bond donors (Lipinski definition) is 2. The Balaban J connectivity index is 3.12. The minimum Gasteiger partial charge on any atom is -0.478 e. The van der Waals surface area contributed by atoms with Gasteiger partial charge >= 0.3 is 5.97 Å². The number of aliphatic hydroxyl groups is 1. The van der Waals surface area contributed by atoms with E-state index in [2.05, 4.69) is 11.8 Å². The summed E-state index contributed by atoms with van der Waals surface area (Å²) in [6.45, 7) is -0.116. The summed E-state index contributed by atoms with van der Waals surface area (Å²) in [4.78, 5) is 10.6. The van der Waals surface area contributed by atoms with E-state index >= 15 is 0 Å². The van der Waals surface area contributed by atoms with Crippen LogP contribution < -0.4 is 0 Å². The highest BCUT2D eigenvalue weighted by Crippen LogP contribution is 2.20. The Morgan fingerprint density at radius 2 is 2.19 bits per heavy atom. The maximum absolute atomic E-state index is 13.3. The lowest BCUT2D eigenvalue weighted by Gasteiger charge is -2.00. The number of aromatic carboxylic acids is 1. The second-order valence-electron chi connectivity index (χ2n) is 2.89. The number of halogens is 2. The molecule has 0 heterocycles. The van der Waals surface area contributed by atoms with Gasteiger partial charge in [0.25, 0.3) is 0 Å². The van der Waals surface area contributed by atoms with Gasteiger partial charge in [0.2, 0.25) is 0 Å². The van der Waals surface area contributed by atoms with Crippen LogP contribution in [0.15, 0.2) is 12.1 Å². The number of hydrogen-bond acceptors (Lipinski definition) is 2. The Morgan fingerprint density at radius 1 is 1.50 bits per heavy atom. The van der Waals surface area contributed by atoms with Gasteiger partial charge in [0.15, 0.2) is 0 Å². The van der Waals surface area contributed by atoms with Crippen LogP contribution in [0.4, 0.5) is 4.39 Å². The fourth-order valence-electron chi connectivity index (χ4n) is 1.02. The SMILES string of the molecule is O=C(O)c1cc(F)c(C#CCCO)cc1Cl. The summed E-state index contributed by atoms with van der Waals surface area (Å²) in [6.07, 6.45) is 0.220. The molecule has 0 bridgehead atoms. The summed E-state index contributed by atoms with van der Waals surface area (Å²) >= 11 is 5.64. The Bertz CT molecular complexity index is 474. The Labute approximate surface area is 96.5 Å². The van der Waals surface area contributed by atoms with E-state index in [9.17, 15) is 9.18 Å². The lowest BCUT2D eigenvalue weighted by atomic mass is 10.1. The second-order valence-corrected chi connectivity index (χ2v) is 3.30. The Kier molecular flexibility index (Phi) is 4.29.